The van der Waals surface area contributed by atoms with Gasteiger partial charge >= 0.3 is 5.97 Å². The molecule has 0 aliphatic carbocycles. The summed E-state index contributed by atoms with van der Waals surface area (Å²) in [5.41, 5.74) is 0. The van der Waals surface area contributed by atoms with Crippen molar-refractivity contribution in [1.82, 2.24) is 15.5 Å². The van der Waals surface area contributed by atoms with Gasteiger partial charge in [-0.15, -0.1) is 35.3 Å². The van der Waals surface area contributed by atoms with E-state index in [1.165, 1.54) is 24.8 Å². The topological polar surface area (TPSA) is 66.0 Å². The third-order valence-corrected chi connectivity index (χ3v) is 5.72. The summed E-state index contributed by atoms with van der Waals surface area (Å²) < 4.78 is 4.76. The van der Waals surface area contributed by atoms with Gasteiger partial charge < -0.3 is 15.4 Å². The molecule has 6 nitrogen and oxygen atoms in total. The molecule has 148 valence electrons. The number of hydrogen-bond donors (Lipinski definition) is 2. The molecule has 1 fully saturated rings. The Kier molecular flexibility index (Phi) is 10.5. The van der Waals surface area contributed by atoms with Gasteiger partial charge in [0.15, 0.2) is 5.96 Å². The summed E-state index contributed by atoms with van der Waals surface area (Å²) in [6.07, 6.45) is 2.42. The number of aliphatic imine (C=N–C) groups is 1. The highest BCUT2D eigenvalue weighted by molar-refractivity contribution is 14.0. The summed E-state index contributed by atoms with van der Waals surface area (Å²) >= 11 is 1.83. The summed E-state index contributed by atoms with van der Waals surface area (Å²) in [5, 5.41) is 8.79. The number of esters is 1. The van der Waals surface area contributed by atoms with Crippen molar-refractivity contribution in [3.8, 4) is 0 Å². The van der Waals surface area contributed by atoms with Crippen LogP contribution in [0.4, 0.5) is 0 Å². The predicted octanol–water partition coefficient (Wildman–Crippen LogP) is 2.72. The van der Waals surface area contributed by atoms with Crippen molar-refractivity contribution in [1.29, 1.82) is 0 Å². The maximum atomic E-state index is 11.5. The van der Waals surface area contributed by atoms with Gasteiger partial charge in [0.05, 0.1) is 13.0 Å². The Morgan fingerprint density at radius 2 is 2.27 bits per heavy atom. The molecule has 8 heteroatoms. The second-order valence-electron chi connectivity index (χ2n) is 6.60. The first-order valence-corrected chi connectivity index (χ1v) is 9.70. The third kappa shape index (κ3) is 6.38. The van der Waals surface area contributed by atoms with Crippen LogP contribution < -0.4 is 10.6 Å². The minimum Gasteiger partial charge on any atom is -0.469 e. The van der Waals surface area contributed by atoms with E-state index in [-0.39, 0.29) is 35.9 Å². The molecule has 2 N–H and O–H groups in total. The normalized spacial score (nSPS) is 22.2. The molecule has 1 aromatic rings. The zero-order valence-electron chi connectivity index (χ0n) is 16.0. The van der Waals surface area contributed by atoms with Crippen LogP contribution in [0.3, 0.4) is 0 Å². The van der Waals surface area contributed by atoms with Crippen LogP contribution in [0.1, 0.15) is 30.7 Å². The Hall–Kier alpha value is -0.870. The molecule has 3 unspecified atom stereocenters. The molecular weight excluding hydrogens is 463 g/mol. The number of thiophene rings is 1. The van der Waals surface area contributed by atoms with Crippen LogP contribution in [0.5, 0.6) is 0 Å². The highest BCUT2D eigenvalue weighted by Crippen LogP contribution is 2.36. The zero-order valence-corrected chi connectivity index (χ0v) is 19.2. The fourth-order valence-corrected chi connectivity index (χ4v) is 4.35. The van der Waals surface area contributed by atoms with Gasteiger partial charge in [0.1, 0.15) is 0 Å². The molecule has 26 heavy (non-hydrogen) atoms. The number of guanidine groups is 1. The molecule has 0 saturated carbocycles. The van der Waals surface area contributed by atoms with Gasteiger partial charge in [-0.2, -0.15) is 0 Å². The Morgan fingerprint density at radius 1 is 1.50 bits per heavy atom. The van der Waals surface area contributed by atoms with Gasteiger partial charge in [-0.05, 0) is 43.8 Å². The van der Waals surface area contributed by atoms with Gasteiger partial charge in [-0.25, -0.2) is 0 Å². The average Bonchev–Trinajstić information content (AvgIpc) is 3.15. The molecule has 1 aliphatic rings. The number of rotatable bonds is 6. The zero-order chi connectivity index (χ0) is 18.2. The molecule has 3 atom stereocenters. The van der Waals surface area contributed by atoms with Gasteiger partial charge in [-0.3, -0.25) is 14.7 Å². The molecule has 0 radical (unpaired) electrons. The van der Waals surface area contributed by atoms with E-state index in [0.29, 0.717) is 18.5 Å². The minimum absolute atomic E-state index is 0. The fraction of sp³-hybridized carbons (Fsp3) is 0.667. The van der Waals surface area contributed by atoms with Gasteiger partial charge in [0, 0.05) is 31.1 Å². The number of likely N-dealkylation sites (tertiary alicyclic amines) is 1. The molecule has 0 amide bonds. The van der Waals surface area contributed by atoms with Gasteiger partial charge in [0.25, 0.3) is 0 Å². The van der Waals surface area contributed by atoms with Crippen molar-refractivity contribution < 1.29 is 9.53 Å². The SMILES string of the molecule is CN=C(NCC(C)C(=O)OC)NCC1CCCN(C)C1c1cccs1.I. The number of piperidine rings is 1. The van der Waals surface area contributed by atoms with Crippen LogP contribution in [0.2, 0.25) is 0 Å². The second kappa shape index (κ2) is 11.8. The predicted molar refractivity (Wildman–Crippen MR) is 118 cm³/mol. The molecule has 1 aromatic heterocycles. The highest BCUT2D eigenvalue weighted by atomic mass is 127. The number of nitrogens with zero attached hydrogens (tertiary/aromatic N) is 2. The number of ether oxygens (including phenoxy) is 1. The molecule has 2 rings (SSSR count). The van der Waals surface area contributed by atoms with Crippen LogP contribution >= 0.6 is 35.3 Å². The molecule has 0 spiro atoms. The number of hydrogen-bond acceptors (Lipinski definition) is 5. The summed E-state index contributed by atoms with van der Waals surface area (Å²) in [6, 6.07) is 4.81. The lowest BCUT2D eigenvalue weighted by Gasteiger charge is -2.39. The second-order valence-corrected chi connectivity index (χ2v) is 7.58. The van der Waals surface area contributed by atoms with Crippen molar-refractivity contribution in [3.63, 3.8) is 0 Å². The van der Waals surface area contributed by atoms with Gasteiger partial charge in [-0.1, -0.05) is 13.0 Å². The smallest absolute Gasteiger partial charge is 0.310 e. The number of carbonyl (C=O) groups excluding carboxylic acids is 1. The van der Waals surface area contributed by atoms with Crippen molar-refractivity contribution >= 4 is 47.2 Å². The van der Waals surface area contributed by atoms with E-state index >= 15 is 0 Å². The lowest BCUT2D eigenvalue weighted by molar-refractivity contribution is -0.144. The summed E-state index contributed by atoms with van der Waals surface area (Å²) in [5.74, 6) is 0.848. The van der Waals surface area contributed by atoms with Crippen LogP contribution in [-0.2, 0) is 9.53 Å². The van der Waals surface area contributed by atoms with E-state index in [1.807, 2.05) is 18.3 Å². The maximum absolute atomic E-state index is 11.5. The lowest BCUT2D eigenvalue weighted by atomic mass is 9.88. The number of carbonyl (C=O) groups is 1. The quantitative estimate of drug-likeness (QED) is 0.276. The summed E-state index contributed by atoms with van der Waals surface area (Å²) in [7, 11) is 5.37. The minimum atomic E-state index is -0.213. The maximum Gasteiger partial charge on any atom is 0.310 e. The first-order valence-electron chi connectivity index (χ1n) is 8.82. The van der Waals surface area contributed by atoms with Crippen LogP contribution in [-0.4, -0.2) is 57.7 Å². The average molecular weight is 494 g/mol. The number of halogens is 1. The first kappa shape index (κ1) is 23.2. The Morgan fingerprint density at radius 3 is 2.88 bits per heavy atom. The van der Waals surface area contributed by atoms with Crippen molar-refractivity contribution in [3.05, 3.63) is 22.4 Å². The van der Waals surface area contributed by atoms with Crippen molar-refractivity contribution in [2.45, 2.75) is 25.8 Å². The van der Waals surface area contributed by atoms with E-state index < -0.39 is 0 Å². The van der Waals surface area contributed by atoms with Crippen LogP contribution in [0.15, 0.2) is 22.5 Å². The summed E-state index contributed by atoms with van der Waals surface area (Å²) in [6.45, 7) is 4.35. The molecule has 2 heterocycles. The first-order chi connectivity index (χ1) is 12.1. The third-order valence-electron chi connectivity index (χ3n) is 4.78. The Bertz CT molecular complexity index is 568. The van der Waals surface area contributed by atoms with E-state index in [9.17, 15) is 4.79 Å². The monoisotopic (exact) mass is 494 g/mol. The number of nitrogens with one attached hydrogen (secondary N) is 2. The van der Waals surface area contributed by atoms with Crippen LogP contribution in [0, 0.1) is 11.8 Å². The summed E-state index contributed by atoms with van der Waals surface area (Å²) in [4.78, 5) is 19.7. The van der Waals surface area contributed by atoms with E-state index in [0.717, 1.165) is 19.0 Å². The Labute approximate surface area is 177 Å². The lowest BCUT2D eigenvalue weighted by Crippen LogP contribution is -2.46. The van der Waals surface area contributed by atoms with E-state index in [4.69, 9.17) is 4.74 Å². The fourth-order valence-electron chi connectivity index (χ4n) is 3.37. The number of methoxy groups -OCH3 is 1. The van der Waals surface area contributed by atoms with Crippen molar-refractivity contribution in [2.24, 2.45) is 16.8 Å². The molecule has 1 saturated heterocycles. The van der Waals surface area contributed by atoms with E-state index in [1.54, 1.807) is 7.05 Å². The largest absolute Gasteiger partial charge is 0.469 e. The highest BCUT2D eigenvalue weighted by Gasteiger charge is 2.31. The molecule has 0 aromatic carbocycles. The molecule has 0 bridgehead atoms. The van der Waals surface area contributed by atoms with Gasteiger partial charge in [0.2, 0.25) is 0 Å². The molecular formula is C18H31IN4O2S. The van der Waals surface area contributed by atoms with Crippen molar-refractivity contribution in [2.75, 3.05) is 40.8 Å². The Balaban J connectivity index is 0.00000338. The molecule has 1 aliphatic heterocycles. The van der Waals surface area contributed by atoms with E-state index in [2.05, 4.69) is 45.1 Å². The standard InChI is InChI=1S/C18H30N4O2S.HI/c1-13(17(23)24-4)11-20-18(19-2)21-12-14-7-5-9-22(3)16(14)15-8-6-10-25-15;/h6,8,10,13-14,16H,5,7,9,11-12H2,1-4H3,(H2,19,20,21);1H. The van der Waals surface area contributed by atoms with Crippen LogP contribution in [0.25, 0.3) is 0 Å².